The fourth-order valence-corrected chi connectivity index (χ4v) is 2.68. The Kier molecular flexibility index (Phi) is 6.80. The maximum Gasteiger partial charge on any atom is 0.416 e. The molecular formula is C20H22F3NO2. The quantitative estimate of drug-likeness (QED) is 0.787. The van der Waals surface area contributed by atoms with Crippen LogP contribution in [0.15, 0.2) is 48.5 Å². The van der Waals surface area contributed by atoms with E-state index in [1.54, 1.807) is 7.11 Å². The number of benzene rings is 2. The zero-order chi connectivity index (χ0) is 19.2. The summed E-state index contributed by atoms with van der Waals surface area (Å²) >= 11 is 0. The highest BCUT2D eigenvalue weighted by atomic mass is 19.4. The Bertz CT molecular complexity index is 727. The summed E-state index contributed by atoms with van der Waals surface area (Å²) in [6.45, 7) is 2.32. The molecule has 1 atom stereocenters. The van der Waals surface area contributed by atoms with Gasteiger partial charge in [0.25, 0.3) is 0 Å². The van der Waals surface area contributed by atoms with Gasteiger partial charge >= 0.3 is 6.18 Å². The third kappa shape index (κ3) is 5.59. The lowest BCUT2D eigenvalue weighted by Gasteiger charge is -2.18. The summed E-state index contributed by atoms with van der Waals surface area (Å²) in [6.07, 6.45) is -4.01. The predicted octanol–water partition coefficient (Wildman–Crippen LogP) is 4.45. The maximum atomic E-state index is 12.5. The summed E-state index contributed by atoms with van der Waals surface area (Å²) in [7, 11) is 1.59. The van der Waals surface area contributed by atoms with Gasteiger partial charge in [-0.05, 0) is 42.2 Å². The highest BCUT2D eigenvalue weighted by molar-refractivity contribution is 5.76. The van der Waals surface area contributed by atoms with E-state index in [2.05, 4.69) is 5.32 Å². The topological polar surface area (TPSA) is 38.3 Å². The molecule has 0 bridgehead atoms. The van der Waals surface area contributed by atoms with Crippen molar-refractivity contribution in [3.8, 4) is 0 Å². The number of rotatable bonds is 7. The molecule has 0 saturated heterocycles. The summed E-state index contributed by atoms with van der Waals surface area (Å²) in [6, 6.07) is 12.7. The molecule has 0 saturated carbocycles. The number of carbonyl (C=O) groups excluding carboxylic acids is 1. The van der Waals surface area contributed by atoms with Crippen LogP contribution in [0.5, 0.6) is 0 Å². The van der Waals surface area contributed by atoms with Crippen molar-refractivity contribution < 1.29 is 22.7 Å². The molecule has 2 aromatic carbocycles. The first kappa shape index (κ1) is 20.0. The van der Waals surface area contributed by atoms with E-state index in [9.17, 15) is 18.0 Å². The van der Waals surface area contributed by atoms with Crippen LogP contribution in [0.4, 0.5) is 13.2 Å². The molecule has 0 radical (unpaired) electrons. The van der Waals surface area contributed by atoms with Gasteiger partial charge in [0.2, 0.25) is 5.91 Å². The molecule has 3 nitrogen and oxygen atoms in total. The Morgan fingerprint density at radius 1 is 1.12 bits per heavy atom. The van der Waals surface area contributed by atoms with Crippen LogP contribution in [-0.2, 0) is 22.1 Å². The number of carbonyl (C=O) groups is 1. The molecule has 2 rings (SSSR count). The molecule has 0 aliphatic heterocycles. The minimum absolute atomic E-state index is 0.166. The maximum absolute atomic E-state index is 12.5. The molecule has 0 spiro atoms. The highest BCUT2D eigenvalue weighted by Gasteiger charge is 2.29. The van der Waals surface area contributed by atoms with E-state index in [0.717, 1.165) is 23.3 Å². The molecule has 0 heterocycles. The molecule has 26 heavy (non-hydrogen) atoms. The first-order valence-corrected chi connectivity index (χ1v) is 8.32. The molecular weight excluding hydrogens is 343 g/mol. The monoisotopic (exact) mass is 365 g/mol. The summed E-state index contributed by atoms with van der Waals surface area (Å²) in [5.74, 6) is -0.166. The van der Waals surface area contributed by atoms with Crippen LogP contribution in [-0.4, -0.2) is 19.6 Å². The molecule has 140 valence electrons. The number of methoxy groups -OCH3 is 1. The van der Waals surface area contributed by atoms with Crippen molar-refractivity contribution in [1.82, 2.24) is 5.32 Å². The van der Waals surface area contributed by atoms with Crippen LogP contribution in [0.2, 0.25) is 0 Å². The van der Waals surface area contributed by atoms with Crippen LogP contribution in [0.3, 0.4) is 0 Å². The van der Waals surface area contributed by atoms with Gasteiger partial charge in [0.05, 0.1) is 11.7 Å². The van der Waals surface area contributed by atoms with Crippen molar-refractivity contribution in [2.75, 3.05) is 13.7 Å². The Morgan fingerprint density at radius 3 is 2.35 bits per heavy atom. The first-order chi connectivity index (χ1) is 12.3. The fourth-order valence-electron chi connectivity index (χ4n) is 2.68. The van der Waals surface area contributed by atoms with Crippen LogP contribution in [0, 0.1) is 6.92 Å². The van der Waals surface area contributed by atoms with Gasteiger partial charge in [-0.25, -0.2) is 0 Å². The lowest BCUT2D eigenvalue weighted by Crippen LogP contribution is -2.29. The van der Waals surface area contributed by atoms with Gasteiger partial charge in [-0.15, -0.1) is 0 Å². The highest BCUT2D eigenvalue weighted by Crippen LogP contribution is 2.29. The summed E-state index contributed by atoms with van der Waals surface area (Å²) in [5.41, 5.74) is 2.10. The van der Waals surface area contributed by atoms with Crippen LogP contribution >= 0.6 is 0 Å². The van der Waals surface area contributed by atoms with E-state index in [1.807, 2.05) is 31.2 Å². The minimum atomic E-state index is -4.35. The molecule has 0 unspecified atom stereocenters. The Morgan fingerprint density at radius 2 is 1.77 bits per heavy atom. The SMILES string of the molecule is CO[C@@H](CNC(=O)CCc1ccc(C(F)(F)F)cc1)c1ccccc1C. The van der Waals surface area contributed by atoms with Gasteiger partial charge in [0, 0.05) is 20.1 Å². The standard InChI is InChI=1S/C20H22F3NO2/c1-14-5-3-4-6-17(14)18(26-2)13-24-19(25)12-9-15-7-10-16(11-8-15)20(21,22)23/h3-8,10-11,18H,9,12-13H2,1-2H3,(H,24,25)/t18-/m0/s1. The van der Waals surface area contributed by atoms with E-state index >= 15 is 0 Å². The Hall–Kier alpha value is -2.34. The van der Waals surface area contributed by atoms with E-state index in [1.165, 1.54) is 12.1 Å². The predicted molar refractivity (Wildman–Crippen MR) is 93.7 cm³/mol. The average Bonchev–Trinajstić information content (AvgIpc) is 2.61. The normalized spacial score (nSPS) is 12.7. The van der Waals surface area contributed by atoms with Crippen molar-refractivity contribution in [1.29, 1.82) is 0 Å². The second-order valence-electron chi connectivity index (χ2n) is 6.08. The van der Waals surface area contributed by atoms with Crippen molar-refractivity contribution in [2.24, 2.45) is 0 Å². The second kappa shape index (κ2) is 8.85. The Labute approximate surface area is 151 Å². The third-order valence-corrected chi connectivity index (χ3v) is 4.23. The van der Waals surface area contributed by atoms with Gasteiger partial charge in [0.15, 0.2) is 0 Å². The number of alkyl halides is 3. The van der Waals surface area contributed by atoms with E-state index in [0.29, 0.717) is 18.5 Å². The van der Waals surface area contributed by atoms with Gasteiger partial charge < -0.3 is 10.1 Å². The molecule has 1 amide bonds. The number of aryl methyl sites for hydroxylation is 2. The largest absolute Gasteiger partial charge is 0.416 e. The average molecular weight is 365 g/mol. The molecule has 0 fully saturated rings. The number of ether oxygens (including phenoxy) is 1. The zero-order valence-corrected chi connectivity index (χ0v) is 14.8. The summed E-state index contributed by atoms with van der Waals surface area (Å²) < 4.78 is 43.1. The summed E-state index contributed by atoms with van der Waals surface area (Å²) in [5, 5.41) is 2.82. The van der Waals surface area contributed by atoms with Crippen LogP contribution < -0.4 is 5.32 Å². The van der Waals surface area contributed by atoms with Crippen molar-refractivity contribution >= 4 is 5.91 Å². The minimum Gasteiger partial charge on any atom is -0.375 e. The molecule has 0 aliphatic carbocycles. The molecule has 2 aromatic rings. The van der Waals surface area contributed by atoms with Gasteiger partial charge in [-0.1, -0.05) is 36.4 Å². The first-order valence-electron chi connectivity index (χ1n) is 8.32. The lowest BCUT2D eigenvalue weighted by atomic mass is 10.0. The third-order valence-electron chi connectivity index (χ3n) is 4.23. The number of halogens is 3. The van der Waals surface area contributed by atoms with Crippen LogP contribution in [0.1, 0.15) is 34.8 Å². The fraction of sp³-hybridized carbons (Fsp3) is 0.350. The summed E-state index contributed by atoms with van der Waals surface area (Å²) in [4.78, 5) is 12.0. The molecule has 0 aromatic heterocycles. The number of hydrogen-bond acceptors (Lipinski definition) is 2. The lowest BCUT2D eigenvalue weighted by molar-refractivity contribution is -0.137. The Balaban J connectivity index is 1.84. The van der Waals surface area contributed by atoms with E-state index in [-0.39, 0.29) is 18.4 Å². The molecule has 6 heteroatoms. The number of amides is 1. The van der Waals surface area contributed by atoms with Crippen molar-refractivity contribution in [3.05, 3.63) is 70.8 Å². The number of hydrogen-bond donors (Lipinski definition) is 1. The molecule has 1 N–H and O–H groups in total. The van der Waals surface area contributed by atoms with Gasteiger partial charge in [-0.2, -0.15) is 13.2 Å². The van der Waals surface area contributed by atoms with Gasteiger partial charge in [0.1, 0.15) is 0 Å². The van der Waals surface area contributed by atoms with Gasteiger partial charge in [-0.3, -0.25) is 4.79 Å². The second-order valence-corrected chi connectivity index (χ2v) is 6.08. The smallest absolute Gasteiger partial charge is 0.375 e. The molecule has 0 aliphatic rings. The number of nitrogens with one attached hydrogen (secondary N) is 1. The van der Waals surface area contributed by atoms with Crippen molar-refractivity contribution in [2.45, 2.75) is 32.0 Å². The van der Waals surface area contributed by atoms with E-state index < -0.39 is 11.7 Å². The zero-order valence-electron chi connectivity index (χ0n) is 14.8. The van der Waals surface area contributed by atoms with Crippen LogP contribution in [0.25, 0.3) is 0 Å². The van der Waals surface area contributed by atoms with Crippen molar-refractivity contribution in [3.63, 3.8) is 0 Å². The van der Waals surface area contributed by atoms with E-state index in [4.69, 9.17) is 4.74 Å².